The van der Waals surface area contributed by atoms with Gasteiger partial charge in [0.05, 0.1) is 31.4 Å². The molecule has 2 rings (SSSR count). The minimum Gasteiger partial charge on any atom is -0.494 e. The summed E-state index contributed by atoms with van der Waals surface area (Å²) in [6, 6.07) is 13.8. The van der Waals surface area contributed by atoms with E-state index in [2.05, 4.69) is 24.4 Å². The van der Waals surface area contributed by atoms with Crippen molar-refractivity contribution in [3.8, 4) is 11.5 Å². The fourth-order valence-corrected chi connectivity index (χ4v) is 3.39. The maximum absolute atomic E-state index is 12.3. The second-order valence-corrected chi connectivity index (χ2v) is 9.17. The molecule has 0 unspecified atom stereocenters. The lowest BCUT2D eigenvalue weighted by Gasteiger charge is -2.21. The van der Waals surface area contributed by atoms with Gasteiger partial charge in [0.2, 0.25) is 10.0 Å². The number of nitrogens with one attached hydrogen (secondary N) is 1. The molecule has 0 atom stereocenters. The molecule has 0 saturated carbocycles. The highest BCUT2D eigenvalue weighted by Gasteiger charge is 2.20. The van der Waals surface area contributed by atoms with Gasteiger partial charge in [0.1, 0.15) is 18.0 Å². The molecule has 8 nitrogen and oxygen atoms in total. The van der Waals surface area contributed by atoms with Crippen molar-refractivity contribution in [1.82, 2.24) is 5.43 Å². The van der Waals surface area contributed by atoms with Crippen LogP contribution >= 0.6 is 0 Å². The van der Waals surface area contributed by atoms with Crippen molar-refractivity contribution in [2.75, 3.05) is 30.3 Å². The molecule has 0 radical (unpaired) electrons. The van der Waals surface area contributed by atoms with Crippen LogP contribution in [0.3, 0.4) is 0 Å². The maximum Gasteiger partial charge on any atom is 0.260 e. The summed E-state index contributed by atoms with van der Waals surface area (Å²) in [5.41, 5.74) is 3.49. The summed E-state index contributed by atoms with van der Waals surface area (Å²) in [6.45, 7) is 6.75. The molecule has 0 spiro atoms. The third-order valence-electron chi connectivity index (χ3n) is 3.99. The molecule has 2 aromatic rings. The number of amides is 1. The summed E-state index contributed by atoms with van der Waals surface area (Å²) >= 11 is 0. The molecule has 2 aromatic carbocycles. The van der Waals surface area contributed by atoms with Crippen LogP contribution in [-0.2, 0) is 14.8 Å². The van der Waals surface area contributed by atoms with Crippen molar-refractivity contribution in [1.29, 1.82) is 0 Å². The van der Waals surface area contributed by atoms with Gasteiger partial charge in [0, 0.05) is 0 Å². The highest BCUT2D eigenvalue weighted by molar-refractivity contribution is 7.92. The van der Waals surface area contributed by atoms with E-state index in [1.165, 1.54) is 6.21 Å². The van der Waals surface area contributed by atoms with E-state index >= 15 is 0 Å². The third kappa shape index (κ3) is 8.29. The first-order valence-electron chi connectivity index (χ1n) is 9.94. The van der Waals surface area contributed by atoms with E-state index in [4.69, 9.17) is 9.47 Å². The Morgan fingerprint density at radius 2 is 1.65 bits per heavy atom. The Labute approximate surface area is 183 Å². The van der Waals surface area contributed by atoms with E-state index in [0.29, 0.717) is 30.6 Å². The molecule has 0 aromatic heterocycles. The Balaban J connectivity index is 1.96. The maximum atomic E-state index is 12.3. The molecule has 1 N–H and O–H groups in total. The Bertz CT molecular complexity index is 971. The number of carbonyl (C=O) groups excluding carboxylic acids is 1. The highest BCUT2D eigenvalue weighted by Crippen LogP contribution is 2.21. The topological polar surface area (TPSA) is 97.3 Å². The number of nitrogens with zero attached hydrogens (tertiary/aromatic N) is 2. The van der Waals surface area contributed by atoms with Crippen molar-refractivity contribution in [3.05, 3.63) is 54.1 Å². The summed E-state index contributed by atoms with van der Waals surface area (Å²) in [4.78, 5) is 12.3. The van der Waals surface area contributed by atoms with Gasteiger partial charge in [-0.15, -0.1) is 0 Å². The van der Waals surface area contributed by atoms with Crippen LogP contribution in [0.5, 0.6) is 11.5 Å². The van der Waals surface area contributed by atoms with E-state index in [-0.39, 0.29) is 0 Å². The van der Waals surface area contributed by atoms with Crippen LogP contribution in [0, 0.1) is 5.92 Å². The first-order chi connectivity index (χ1) is 14.7. The van der Waals surface area contributed by atoms with Gasteiger partial charge in [-0.2, -0.15) is 5.10 Å². The van der Waals surface area contributed by atoms with Crippen LogP contribution in [0.1, 0.15) is 26.3 Å². The van der Waals surface area contributed by atoms with Crippen LogP contribution in [0.4, 0.5) is 5.69 Å². The van der Waals surface area contributed by atoms with Crippen LogP contribution in [0.25, 0.3) is 0 Å². The summed E-state index contributed by atoms with van der Waals surface area (Å²) in [7, 11) is -3.67. The van der Waals surface area contributed by atoms with Gasteiger partial charge in [-0.05, 0) is 66.9 Å². The second-order valence-electron chi connectivity index (χ2n) is 7.26. The van der Waals surface area contributed by atoms with Gasteiger partial charge >= 0.3 is 0 Å². The number of hydrogen-bond acceptors (Lipinski definition) is 6. The standard InChI is InChI=1S/C22H29N3O5S/c1-5-29-20-12-8-19(9-13-20)25(31(4,27)28)15-22(26)24-23-14-18-6-10-21(11-7-18)30-16-17(2)3/h6-14,17H,5,15-16H2,1-4H3,(H,24,26)/b23-14-. The summed E-state index contributed by atoms with van der Waals surface area (Å²) in [5.74, 6) is 1.25. The average molecular weight is 448 g/mol. The summed E-state index contributed by atoms with van der Waals surface area (Å²) < 4.78 is 36.3. The molecule has 168 valence electrons. The summed E-state index contributed by atoms with van der Waals surface area (Å²) in [5, 5.41) is 3.91. The molecule has 0 aliphatic heterocycles. The number of rotatable bonds is 11. The number of ether oxygens (including phenoxy) is 2. The first-order valence-corrected chi connectivity index (χ1v) is 11.8. The fraction of sp³-hybridized carbons (Fsp3) is 0.364. The Morgan fingerprint density at radius 3 is 2.19 bits per heavy atom. The van der Waals surface area contributed by atoms with Gasteiger partial charge in [0.15, 0.2) is 0 Å². The minimum atomic E-state index is -3.67. The molecular formula is C22H29N3O5S. The van der Waals surface area contributed by atoms with Crippen LogP contribution in [-0.4, -0.2) is 46.6 Å². The van der Waals surface area contributed by atoms with Gasteiger partial charge in [-0.25, -0.2) is 13.8 Å². The van der Waals surface area contributed by atoms with Crippen LogP contribution in [0.2, 0.25) is 0 Å². The lowest BCUT2D eigenvalue weighted by atomic mass is 10.2. The van der Waals surface area contributed by atoms with Gasteiger partial charge in [-0.1, -0.05) is 13.8 Å². The molecule has 0 fully saturated rings. The largest absolute Gasteiger partial charge is 0.494 e. The Hall–Kier alpha value is -3.07. The molecule has 0 heterocycles. The highest BCUT2D eigenvalue weighted by atomic mass is 32.2. The third-order valence-corrected chi connectivity index (χ3v) is 5.13. The van der Waals surface area contributed by atoms with Crippen molar-refractivity contribution in [2.24, 2.45) is 11.0 Å². The SMILES string of the molecule is CCOc1ccc(N(CC(=O)N/N=C\c2ccc(OCC(C)C)cc2)S(C)(=O)=O)cc1. The zero-order chi connectivity index (χ0) is 22.9. The predicted molar refractivity (Wildman–Crippen MR) is 122 cm³/mol. The summed E-state index contributed by atoms with van der Waals surface area (Å²) in [6.07, 6.45) is 2.52. The molecule has 0 saturated heterocycles. The number of sulfonamides is 1. The lowest BCUT2D eigenvalue weighted by Crippen LogP contribution is -2.39. The van der Waals surface area contributed by atoms with Gasteiger partial charge in [-0.3, -0.25) is 9.10 Å². The molecule has 31 heavy (non-hydrogen) atoms. The zero-order valence-electron chi connectivity index (χ0n) is 18.2. The van der Waals surface area contributed by atoms with E-state index in [1.807, 2.05) is 31.2 Å². The number of hydrazone groups is 1. The Kier molecular flexibility index (Phi) is 8.87. The van der Waals surface area contributed by atoms with Gasteiger partial charge in [0.25, 0.3) is 5.91 Å². The number of hydrogen-bond donors (Lipinski definition) is 1. The molecule has 0 bridgehead atoms. The molecule has 1 amide bonds. The van der Waals surface area contributed by atoms with Crippen LogP contribution in [0.15, 0.2) is 53.6 Å². The quantitative estimate of drug-likeness (QED) is 0.422. The first kappa shape index (κ1) is 24.2. The van der Waals surface area contributed by atoms with E-state index in [1.54, 1.807) is 24.3 Å². The van der Waals surface area contributed by atoms with Crippen LogP contribution < -0.4 is 19.2 Å². The average Bonchev–Trinajstić information content (AvgIpc) is 2.71. The predicted octanol–water partition coefficient (Wildman–Crippen LogP) is 3.04. The zero-order valence-corrected chi connectivity index (χ0v) is 19.1. The number of anilines is 1. The Morgan fingerprint density at radius 1 is 1.06 bits per heavy atom. The van der Waals surface area contributed by atoms with Gasteiger partial charge < -0.3 is 9.47 Å². The van der Waals surface area contributed by atoms with Crippen molar-refractivity contribution in [2.45, 2.75) is 20.8 Å². The molecule has 0 aliphatic carbocycles. The number of benzene rings is 2. The second kappa shape index (κ2) is 11.4. The van der Waals surface area contributed by atoms with E-state index < -0.39 is 22.5 Å². The fourth-order valence-electron chi connectivity index (χ4n) is 2.53. The molecule has 9 heteroatoms. The van der Waals surface area contributed by atoms with Crippen molar-refractivity contribution < 1.29 is 22.7 Å². The monoisotopic (exact) mass is 447 g/mol. The normalized spacial score (nSPS) is 11.5. The van der Waals surface area contributed by atoms with E-state index in [0.717, 1.165) is 21.9 Å². The minimum absolute atomic E-state index is 0.363. The lowest BCUT2D eigenvalue weighted by molar-refractivity contribution is -0.119. The van der Waals surface area contributed by atoms with Crippen molar-refractivity contribution in [3.63, 3.8) is 0 Å². The smallest absolute Gasteiger partial charge is 0.260 e. The number of carbonyl (C=O) groups is 1. The molecule has 0 aliphatic rings. The molecular weight excluding hydrogens is 418 g/mol. The van der Waals surface area contributed by atoms with Crippen molar-refractivity contribution >= 4 is 27.8 Å². The van der Waals surface area contributed by atoms with E-state index in [9.17, 15) is 13.2 Å².